The maximum atomic E-state index is 12.3. The van der Waals surface area contributed by atoms with E-state index in [9.17, 15) is 19.2 Å². The highest BCUT2D eigenvalue weighted by atomic mass is 16.6. The van der Waals surface area contributed by atoms with Crippen LogP contribution in [0, 0.1) is 0 Å². The van der Waals surface area contributed by atoms with E-state index in [4.69, 9.17) is 28.4 Å². The van der Waals surface area contributed by atoms with Crippen LogP contribution in [-0.2, 0) is 33.3 Å². The number of unbranched alkanes of at least 4 members (excludes halogenated alkanes) is 3. The molecule has 0 saturated carbocycles. The first-order chi connectivity index (χ1) is 22.5. The van der Waals surface area contributed by atoms with Gasteiger partial charge in [-0.15, -0.1) is 0 Å². The summed E-state index contributed by atoms with van der Waals surface area (Å²) in [6.45, 7) is 16.0. The minimum atomic E-state index is -0.862. The molecular formula is C35H48N2O10. The van der Waals surface area contributed by atoms with E-state index in [1.54, 1.807) is 24.3 Å². The number of benzene rings is 1. The van der Waals surface area contributed by atoms with Gasteiger partial charge >= 0.3 is 24.1 Å². The zero-order valence-electron chi connectivity index (χ0n) is 27.6. The number of carbonyl (C=O) groups is 4. The van der Waals surface area contributed by atoms with Crippen LogP contribution < -0.4 is 15.4 Å². The van der Waals surface area contributed by atoms with Crippen LogP contribution in [0.15, 0.2) is 91.3 Å². The van der Waals surface area contributed by atoms with Gasteiger partial charge in [-0.2, -0.15) is 0 Å². The number of carbonyl (C=O) groups excluding carboxylic acids is 4. The van der Waals surface area contributed by atoms with Gasteiger partial charge in [0.15, 0.2) is 12.2 Å². The lowest BCUT2D eigenvalue weighted by Gasteiger charge is -2.19. The first kappa shape index (κ1) is 40.0. The molecule has 0 heterocycles. The average Bonchev–Trinajstić information content (AvgIpc) is 3.04. The van der Waals surface area contributed by atoms with E-state index in [0.717, 1.165) is 12.8 Å². The zero-order chi connectivity index (χ0) is 34.9. The Morgan fingerprint density at radius 2 is 1.19 bits per heavy atom. The number of amides is 2. The second-order valence-electron chi connectivity index (χ2n) is 10.4. The van der Waals surface area contributed by atoms with Gasteiger partial charge in [-0.1, -0.05) is 69.0 Å². The lowest BCUT2D eigenvalue weighted by molar-refractivity contribution is -0.143. The highest BCUT2D eigenvalue weighted by Gasteiger charge is 2.20. The van der Waals surface area contributed by atoms with Crippen molar-refractivity contribution in [1.29, 1.82) is 0 Å². The van der Waals surface area contributed by atoms with Gasteiger partial charge in [-0.05, 0) is 51.8 Å². The summed E-state index contributed by atoms with van der Waals surface area (Å²) in [4.78, 5) is 48.2. The molecule has 47 heavy (non-hydrogen) atoms. The van der Waals surface area contributed by atoms with Gasteiger partial charge < -0.3 is 39.1 Å². The molecule has 1 rings (SSSR count). The zero-order valence-corrected chi connectivity index (χ0v) is 27.6. The second-order valence-corrected chi connectivity index (χ2v) is 10.4. The third kappa shape index (κ3) is 20.6. The van der Waals surface area contributed by atoms with Gasteiger partial charge in [0.1, 0.15) is 37.9 Å². The molecule has 0 fully saturated rings. The van der Waals surface area contributed by atoms with Crippen LogP contribution >= 0.6 is 0 Å². The number of ether oxygens (including phenoxy) is 6. The summed E-state index contributed by atoms with van der Waals surface area (Å²) in [7, 11) is 0. The Hall–Kier alpha value is -5.00. The predicted octanol–water partition coefficient (Wildman–Crippen LogP) is 5.72. The summed E-state index contributed by atoms with van der Waals surface area (Å²) in [5.74, 6) is -0.250. The summed E-state index contributed by atoms with van der Waals surface area (Å²) >= 11 is 0. The molecule has 2 unspecified atom stereocenters. The third-order valence-electron chi connectivity index (χ3n) is 5.91. The Balaban J connectivity index is 2.36. The van der Waals surface area contributed by atoms with Crippen LogP contribution in [0.4, 0.5) is 9.59 Å². The lowest BCUT2D eigenvalue weighted by Crippen LogP contribution is -2.36. The summed E-state index contributed by atoms with van der Waals surface area (Å²) in [5, 5.41) is 5.35. The SMILES string of the molecule is C=C(C=CC=CC)OCC(COC(=O)C(=C)C)OC(=O)NCCCCCCNC(=O)OC(COC(=O)C(=C)C)COc1ccccc1. The van der Waals surface area contributed by atoms with E-state index in [1.807, 2.05) is 37.3 Å². The number of allylic oxidation sites excluding steroid dienone is 4. The van der Waals surface area contributed by atoms with E-state index in [2.05, 4.69) is 30.4 Å². The predicted molar refractivity (Wildman–Crippen MR) is 178 cm³/mol. The number of hydrogen-bond acceptors (Lipinski definition) is 10. The Morgan fingerprint density at radius 1 is 0.702 bits per heavy atom. The molecule has 0 aliphatic carbocycles. The largest absolute Gasteiger partial charge is 0.490 e. The van der Waals surface area contributed by atoms with Crippen molar-refractivity contribution in [3.8, 4) is 5.75 Å². The average molecular weight is 657 g/mol. The maximum absolute atomic E-state index is 12.3. The van der Waals surface area contributed by atoms with Crippen molar-refractivity contribution < 1.29 is 47.6 Å². The van der Waals surface area contributed by atoms with Crippen molar-refractivity contribution in [2.45, 2.75) is 58.7 Å². The fourth-order valence-corrected chi connectivity index (χ4v) is 3.41. The molecular weight excluding hydrogens is 608 g/mol. The van der Waals surface area contributed by atoms with Gasteiger partial charge in [0.2, 0.25) is 0 Å². The van der Waals surface area contributed by atoms with Crippen LogP contribution in [0.3, 0.4) is 0 Å². The standard InChI is InChI=1S/C35H48N2O10/c1-7-8-12-17-28(6)42-22-30(24-44-32(38)26(2)3)46-34(40)36-20-15-9-10-16-21-37-35(41)47-31(25-45-33(39)27(4)5)23-43-29-18-13-11-14-19-29/h7-8,11-14,17-19,30-31H,2,4,6,9-10,15-16,20-25H2,1,3,5H3,(H,36,40)(H,37,41). The van der Waals surface area contributed by atoms with Crippen LogP contribution in [0.5, 0.6) is 5.75 Å². The highest BCUT2D eigenvalue weighted by Crippen LogP contribution is 2.10. The molecule has 0 radical (unpaired) electrons. The Kier molecular flexibility index (Phi) is 20.7. The monoisotopic (exact) mass is 656 g/mol. The van der Waals surface area contributed by atoms with Crippen LogP contribution in [-0.4, -0.2) is 75.9 Å². The Labute approximate surface area is 277 Å². The molecule has 2 N–H and O–H groups in total. The number of alkyl carbamates (subject to hydrolysis) is 2. The van der Waals surface area contributed by atoms with E-state index in [1.165, 1.54) is 13.8 Å². The van der Waals surface area contributed by atoms with Crippen molar-refractivity contribution in [2.24, 2.45) is 0 Å². The molecule has 0 bridgehead atoms. The van der Waals surface area contributed by atoms with E-state index in [-0.39, 0.29) is 37.6 Å². The van der Waals surface area contributed by atoms with E-state index >= 15 is 0 Å². The van der Waals surface area contributed by atoms with Gasteiger partial charge in [-0.3, -0.25) is 0 Å². The normalized spacial score (nSPS) is 12.0. The first-order valence-corrected chi connectivity index (χ1v) is 15.3. The maximum Gasteiger partial charge on any atom is 0.407 e. The van der Waals surface area contributed by atoms with Gasteiger partial charge in [0.05, 0.1) is 0 Å². The topological polar surface area (TPSA) is 148 Å². The molecule has 258 valence electrons. The summed E-state index contributed by atoms with van der Waals surface area (Å²) in [6.07, 6.45) is 6.94. The minimum absolute atomic E-state index is 0.00669. The van der Waals surface area contributed by atoms with Gasteiger partial charge in [0, 0.05) is 24.2 Å². The number of nitrogens with one attached hydrogen (secondary N) is 2. The second kappa shape index (κ2) is 24.3. The third-order valence-corrected chi connectivity index (χ3v) is 5.91. The number of hydrogen-bond donors (Lipinski definition) is 2. The molecule has 0 aliphatic heterocycles. The smallest absolute Gasteiger partial charge is 0.407 e. The van der Waals surface area contributed by atoms with Crippen molar-refractivity contribution >= 4 is 24.1 Å². The summed E-state index contributed by atoms with van der Waals surface area (Å²) in [5.41, 5.74) is 0.454. The summed E-state index contributed by atoms with van der Waals surface area (Å²) < 4.78 is 32.2. The summed E-state index contributed by atoms with van der Waals surface area (Å²) in [6, 6.07) is 8.99. The van der Waals surface area contributed by atoms with E-state index in [0.29, 0.717) is 37.4 Å². The Morgan fingerprint density at radius 3 is 1.68 bits per heavy atom. The molecule has 0 aliphatic rings. The van der Waals surface area contributed by atoms with Gasteiger partial charge in [0.25, 0.3) is 0 Å². The quantitative estimate of drug-likeness (QED) is 0.0374. The lowest BCUT2D eigenvalue weighted by atomic mass is 10.2. The molecule has 12 nitrogen and oxygen atoms in total. The van der Waals surface area contributed by atoms with Crippen LogP contribution in [0.1, 0.15) is 46.5 Å². The highest BCUT2D eigenvalue weighted by molar-refractivity contribution is 5.87. The van der Waals surface area contributed by atoms with Crippen molar-refractivity contribution in [3.05, 3.63) is 91.3 Å². The number of para-hydroxylation sites is 1. The minimum Gasteiger partial charge on any atom is -0.490 e. The van der Waals surface area contributed by atoms with Crippen LogP contribution in [0.25, 0.3) is 0 Å². The van der Waals surface area contributed by atoms with Crippen LogP contribution in [0.2, 0.25) is 0 Å². The Bertz CT molecular complexity index is 1230. The fraction of sp³-hybridized carbons (Fsp3) is 0.429. The van der Waals surface area contributed by atoms with E-state index < -0.39 is 36.3 Å². The molecule has 0 spiro atoms. The molecule has 2 amide bonds. The van der Waals surface area contributed by atoms with Crippen molar-refractivity contribution in [3.63, 3.8) is 0 Å². The van der Waals surface area contributed by atoms with Crippen molar-refractivity contribution in [2.75, 3.05) is 39.5 Å². The molecule has 0 aromatic heterocycles. The number of rotatable bonds is 23. The molecule has 1 aromatic carbocycles. The first-order valence-electron chi connectivity index (χ1n) is 15.3. The number of esters is 2. The molecule has 2 atom stereocenters. The molecule has 0 saturated heterocycles. The van der Waals surface area contributed by atoms with Crippen molar-refractivity contribution in [1.82, 2.24) is 10.6 Å². The molecule has 1 aromatic rings. The molecule has 12 heteroatoms. The fourth-order valence-electron chi connectivity index (χ4n) is 3.41. The van der Waals surface area contributed by atoms with Gasteiger partial charge in [-0.25, -0.2) is 19.2 Å².